The van der Waals surface area contributed by atoms with Gasteiger partial charge in [-0.05, 0) is 42.3 Å². The molecule has 0 aromatic carbocycles. The number of aryl methyl sites for hydroxylation is 2. The minimum atomic E-state index is 0.616. The van der Waals surface area contributed by atoms with Gasteiger partial charge in [0.05, 0.1) is 10.2 Å². The normalized spacial score (nSPS) is 10.5. The molecule has 5 nitrogen and oxygen atoms in total. The van der Waals surface area contributed by atoms with Crippen LogP contribution < -0.4 is 5.32 Å². The highest BCUT2D eigenvalue weighted by molar-refractivity contribution is 9.10. The van der Waals surface area contributed by atoms with Crippen molar-refractivity contribution in [3.63, 3.8) is 0 Å². The molecular weight excluding hydrogens is 306 g/mol. The molecule has 1 N–H and O–H groups in total. The summed E-state index contributed by atoms with van der Waals surface area (Å²) in [6, 6.07) is 1.82. The Kier molecular flexibility index (Phi) is 4.42. The van der Waals surface area contributed by atoms with Crippen LogP contribution in [0.4, 0.5) is 5.82 Å². The molecule has 0 spiro atoms. The molecule has 0 unspecified atom stereocenters. The van der Waals surface area contributed by atoms with E-state index in [-0.39, 0.29) is 0 Å². The van der Waals surface area contributed by atoms with Crippen molar-refractivity contribution in [3.05, 3.63) is 28.3 Å². The van der Waals surface area contributed by atoms with E-state index in [9.17, 15) is 0 Å². The zero-order valence-corrected chi connectivity index (χ0v) is 12.8. The van der Waals surface area contributed by atoms with E-state index in [2.05, 4.69) is 48.1 Å². The summed E-state index contributed by atoms with van der Waals surface area (Å²) in [6.45, 7) is 6.78. The molecule has 2 aromatic heterocycles. The summed E-state index contributed by atoms with van der Waals surface area (Å²) in [5, 5.41) is 3.29. The van der Waals surface area contributed by atoms with E-state index in [1.165, 1.54) is 0 Å². The lowest BCUT2D eigenvalue weighted by Gasteiger charge is -2.10. The standard InChI is InChI=1S/C13H16BrN5/c1-4-6-16-13-11(14)8(2)17-12(19-13)10-5-7-15-9(3)18-10/h5,7H,4,6H2,1-3H3,(H,16,17,19). The lowest BCUT2D eigenvalue weighted by atomic mass is 10.3. The van der Waals surface area contributed by atoms with Crippen molar-refractivity contribution in [2.24, 2.45) is 0 Å². The number of rotatable bonds is 4. The minimum absolute atomic E-state index is 0.616. The fraction of sp³-hybridized carbons (Fsp3) is 0.385. The number of hydrogen-bond donors (Lipinski definition) is 1. The van der Waals surface area contributed by atoms with Crippen LogP contribution in [0.5, 0.6) is 0 Å². The van der Waals surface area contributed by atoms with Crippen molar-refractivity contribution < 1.29 is 0 Å². The first-order chi connectivity index (χ1) is 9.11. The van der Waals surface area contributed by atoms with E-state index in [4.69, 9.17) is 0 Å². The Balaban J connectivity index is 2.44. The minimum Gasteiger partial charge on any atom is -0.369 e. The van der Waals surface area contributed by atoms with Crippen LogP contribution in [-0.4, -0.2) is 26.5 Å². The van der Waals surface area contributed by atoms with Crippen LogP contribution in [0.1, 0.15) is 24.9 Å². The Bertz CT molecular complexity index is 585. The van der Waals surface area contributed by atoms with Gasteiger partial charge in [-0.3, -0.25) is 0 Å². The highest BCUT2D eigenvalue weighted by Crippen LogP contribution is 2.25. The Morgan fingerprint density at radius 2 is 2.00 bits per heavy atom. The third kappa shape index (κ3) is 3.26. The van der Waals surface area contributed by atoms with E-state index in [1.54, 1.807) is 6.20 Å². The van der Waals surface area contributed by atoms with Crippen molar-refractivity contribution >= 4 is 21.7 Å². The Morgan fingerprint density at radius 1 is 1.21 bits per heavy atom. The fourth-order valence-electron chi connectivity index (χ4n) is 1.62. The molecule has 0 aliphatic rings. The highest BCUT2D eigenvalue weighted by atomic mass is 79.9. The first kappa shape index (κ1) is 13.9. The van der Waals surface area contributed by atoms with E-state index in [1.807, 2.05) is 19.9 Å². The van der Waals surface area contributed by atoms with E-state index in [0.717, 1.165) is 34.6 Å². The number of anilines is 1. The lowest BCUT2D eigenvalue weighted by Crippen LogP contribution is -2.06. The average Bonchev–Trinajstić information content (AvgIpc) is 2.40. The third-order valence-electron chi connectivity index (χ3n) is 2.56. The van der Waals surface area contributed by atoms with Crippen LogP contribution in [0.2, 0.25) is 0 Å². The molecule has 0 atom stereocenters. The first-order valence-electron chi connectivity index (χ1n) is 6.20. The van der Waals surface area contributed by atoms with Gasteiger partial charge in [0.25, 0.3) is 0 Å². The van der Waals surface area contributed by atoms with Gasteiger partial charge in [0.1, 0.15) is 17.3 Å². The molecule has 2 aromatic rings. The van der Waals surface area contributed by atoms with Crippen LogP contribution in [0.15, 0.2) is 16.7 Å². The molecule has 0 radical (unpaired) electrons. The van der Waals surface area contributed by atoms with Crippen molar-refractivity contribution in [2.45, 2.75) is 27.2 Å². The van der Waals surface area contributed by atoms with Crippen LogP contribution in [-0.2, 0) is 0 Å². The molecule has 6 heteroatoms. The maximum absolute atomic E-state index is 4.52. The zero-order chi connectivity index (χ0) is 13.8. The zero-order valence-electron chi connectivity index (χ0n) is 11.2. The predicted molar refractivity (Wildman–Crippen MR) is 79.0 cm³/mol. The van der Waals surface area contributed by atoms with Crippen molar-refractivity contribution in [2.75, 3.05) is 11.9 Å². The summed E-state index contributed by atoms with van der Waals surface area (Å²) in [5.41, 5.74) is 1.63. The summed E-state index contributed by atoms with van der Waals surface area (Å²) in [6.07, 6.45) is 2.76. The van der Waals surface area contributed by atoms with Crippen LogP contribution >= 0.6 is 15.9 Å². The van der Waals surface area contributed by atoms with Gasteiger partial charge < -0.3 is 5.32 Å². The number of aromatic nitrogens is 4. The summed E-state index contributed by atoms with van der Waals surface area (Å²) in [5.74, 6) is 2.13. The molecule has 0 amide bonds. The number of nitrogens with one attached hydrogen (secondary N) is 1. The largest absolute Gasteiger partial charge is 0.369 e. The third-order valence-corrected chi connectivity index (χ3v) is 3.51. The molecule has 0 saturated carbocycles. The second-order valence-corrected chi connectivity index (χ2v) is 5.00. The number of hydrogen-bond acceptors (Lipinski definition) is 5. The van der Waals surface area contributed by atoms with Crippen LogP contribution in [0, 0.1) is 13.8 Å². The van der Waals surface area contributed by atoms with Gasteiger partial charge in [-0.1, -0.05) is 6.92 Å². The second-order valence-electron chi connectivity index (χ2n) is 4.21. The topological polar surface area (TPSA) is 63.6 Å². The predicted octanol–water partition coefficient (Wildman–Crippen LogP) is 3.13. The summed E-state index contributed by atoms with van der Waals surface area (Å²) in [4.78, 5) is 17.4. The smallest absolute Gasteiger partial charge is 0.180 e. The van der Waals surface area contributed by atoms with Gasteiger partial charge in [0.2, 0.25) is 0 Å². The monoisotopic (exact) mass is 321 g/mol. The van der Waals surface area contributed by atoms with Crippen LogP contribution in [0.3, 0.4) is 0 Å². The Morgan fingerprint density at radius 3 is 2.68 bits per heavy atom. The first-order valence-corrected chi connectivity index (χ1v) is 6.99. The number of halogens is 1. The molecule has 0 aliphatic carbocycles. The van der Waals surface area contributed by atoms with E-state index >= 15 is 0 Å². The van der Waals surface area contributed by atoms with Gasteiger partial charge >= 0.3 is 0 Å². The molecule has 0 fully saturated rings. The highest BCUT2D eigenvalue weighted by Gasteiger charge is 2.11. The van der Waals surface area contributed by atoms with Gasteiger partial charge in [-0.2, -0.15) is 0 Å². The Hall–Kier alpha value is -1.56. The van der Waals surface area contributed by atoms with Gasteiger partial charge in [0, 0.05) is 12.7 Å². The number of nitrogens with zero attached hydrogens (tertiary/aromatic N) is 4. The maximum Gasteiger partial charge on any atom is 0.180 e. The van der Waals surface area contributed by atoms with E-state index < -0.39 is 0 Å². The van der Waals surface area contributed by atoms with E-state index in [0.29, 0.717) is 11.6 Å². The molecule has 2 heterocycles. The second kappa shape index (κ2) is 6.06. The molecule has 2 rings (SSSR count). The van der Waals surface area contributed by atoms with Crippen LogP contribution in [0.25, 0.3) is 11.5 Å². The maximum atomic E-state index is 4.52. The molecular formula is C13H16BrN5. The molecule has 0 aliphatic heterocycles. The quantitative estimate of drug-likeness (QED) is 0.937. The van der Waals surface area contributed by atoms with Gasteiger partial charge in [0.15, 0.2) is 5.82 Å². The Labute approximate surface area is 121 Å². The molecule has 19 heavy (non-hydrogen) atoms. The molecule has 100 valence electrons. The summed E-state index contributed by atoms with van der Waals surface area (Å²) >= 11 is 3.51. The average molecular weight is 322 g/mol. The fourth-order valence-corrected chi connectivity index (χ4v) is 1.93. The lowest BCUT2D eigenvalue weighted by molar-refractivity contribution is 0.954. The van der Waals surface area contributed by atoms with Crippen molar-refractivity contribution in [3.8, 4) is 11.5 Å². The molecule has 0 bridgehead atoms. The summed E-state index contributed by atoms with van der Waals surface area (Å²) in [7, 11) is 0. The SMILES string of the molecule is CCCNc1nc(-c2ccnc(C)n2)nc(C)c1Br. The van der Waals surface area contributed by atoms with Crippen molar-refractivity contribution in [1.82, 2.24) is 19.9 Å². The van der Waals surface area contributed by atoms with Gasteiger partial charge in [-0.25, -0.2) is 19.9 Å². The van der Waals surface area contributed by atoms with Crippen molar-refractivity contribution in [1.29, 1.82) is 0 Å². The molecule has 0 saturated heterocycles. The van der Waals surface area contributed by atoms with Gasteiger partial charge in [-0.15, -0.1) is 0 Å². The summed E-state index contributed by atoms with van der Waals surface area (Å²) < 4.78 is 0.899.